The maximum absolute atomic E-state index is 12.6. The molecule has 0 unspecified atom stereocenters. The van der Waals surface area contributed by atoms with Crippen molar-refractivity contribution in [2.24, 2.45) is 0 Å². The summed E-state index contributed by atoms with van der Waals surface area (Å²) in [6, 6.07) is 15.6. The zero-order valence-electron chi connectivity index (χ0n) is 17.0. The summed E-state index contributed by atoms with van der Waals surface area (Å²) in [5, 5.41) is 9.31. The molecule has 0 bridgehead atoms. The maximum atomic E-state index is 12.6. The number of aromatic nitrogens is 4. The fourth-order valence-electron chi connectivity index (χ4n) is 2.86. The number of hydrogen-bond acceptors (Lipinski definition) is 7. The number of anilines is 1. The highest BCUT2D eigenvalue weighted by molar-refractivity contribution is 5.95. The summed E-state index contributed by atoms with van der Waals surface area (Å²) in [7, 11) is 0. The first-order chi connectivity index (χ1) is 15.9. The van der Waals surface area contributed by atoms with Crippen LogP contribution in [0.2, 0.25) is 0 Å². The van der Waals surface area contributed by atoms with Gasteiger partial charge in [-0.15, -0.1) is 0 Å². The van der Waals surface area contributed by atoms with Crippen molar-refractivity contribution in [1.82, 2.24) is 25.4 Å². The van der Waals surface area contributed by atoms with Crippen molar-refractivity contribution in [2.75, 3.05) is 5.32 Å². The molecule has 0 radical (unpaired) electrons. The van der Waals surface area contributed by atoms with E-state index in [2.05, 4.69) is 35.3 Å². The van der Waals surface area contributed by atoms with Gasteiger partial charge < -0.3 is 15.2 Å². The molecule has 8 nitrogen and oxygen atoms in total. The second-order valence-electron chi connectivity index (χ2n) is 6.90. The predicted molar refractivity (Wildman–Crippen MR) is 112 cm³/mol. The molecule has 3 aromatic heterocycles. The van der Waals surface area contributed by atoms with Crippen molar-refractivity contribution >= 4 is 11.6 Å². The third-order valence-corrected chi connectivity index (χ3v) is 4.51. The molecule has 0 fully saturated rings. The van der Waals surface area contributed by atoms with E-state index in [4.69, 9.17) is 0 Å². The Hall–Kier alpha value is -4.28. The molecule has 0 aliphatic heterocycles. The zero-order valence-corrected chi connectivity index (χ0v) is 17.0. The molecule has 2 N–H and O–H groups in total. The normalized spacial score (nSPS) is 11.2. The highest BCUT2D eigenvalue weighted by Crippen LogP contribution is 2.29. The van der Waals surface area contributed by atoms with E-state index in [0.29, 0.717) is 35.6 Å². The largest absolute Gasteiger partial charge is 0.471 e. The molecule has 0 aliphatic rings. The Labute approximate surface area is 185 Å². The zero-order chi connectivity index (χ0) is 23.3. The molecule has 1 aromatic carbocycles. The Balaban J connectivity index is 1.34. The first kappa shape index (κ1) is 21.9. The van der Waals surface area contributed by atoms with E-state index in [1.54, 1.807) is 42.6 Å². The van der Waals surface area contributed by atoms with Gasteiger partial charge in [-0.25, -0.2) is 0 Å². The lowest BCUT2D eigenvalue weighted by molar-refractivity contribution is -0.159. The van der Waals surface area contributed by atoms with Gasteiger partial charge in [0.1, 0.15) is 0 Å². The second-order valence-corrected chi connectivity index (χ2v) is 6.90. The molecule has 4 aromatic rings. The fraction of sp³-hybridized carbons (Fsp3) is 0.136. The van der Waals surface area contributed by atoms with Crippen molar-refractivity contribution in [1.29, 1.82) is 0 Å². The minimum atomic E-state index is -4.70. The number of nitrogens with zero attached hydrogens (tertiary/aromatic N) is 4. The van der Waals surface area contributed by atoms with E-state index < -0.39 is 12.1 Å². The average Bonchev–Trinajstić information content (AvgIpc) is 3.34. The number of carbonyl (C=O) groups excluding carboxylic acids is 1. The lowest BCUT2D eigenvalue weighted by Crippen LogP contribution is -2.23. The second kappa shape index (κ2) is 9.47. The highest BCUT2D eigenvalue weighted by Gasteiger charge is 2.38. The summed E-state index contributed by atoms with van der Waals surface area (Å²) in [6.45, 7) is 0.651. The van der Waals surface area contributed by atoms with Crippen molar-refractivity contribution in [2.45, 2.75) is 19.3 Å². The van der Waals surface area contributed by atoms with Crippen LogP contribution in [0.1, 0.15) is 27.6 Å². The van der Waals surface area contributed by atoms with E-state index in [0.717, 1.165) is 5.69 Å². The first-order valence-electron chi connectivity index (χ1n) is 9.77. The summed E-state index contributed by atoms with van der Waals surface area (Å²) in [5.74, 6) is -1.84. The number of nitrogens with one attached hydrogen (secondary N) is 2. The molecule has 11 heteroatoms. The van der Waals surface area contributed by atoms with Crippen molar-refractivity contribution in [3.8, 4) is 11.4 Å². The van der Waals surface area contributed by atoms with Crippen LogP contribution in [0.4, 0.5) is 18.9 Å². The molecule has 3 heterocycles. The molecule has 0 saturated heterocycles. The molecule has 1 amide bonds. The summed E-state index contributed by atoms with van der Waals surface area (Å²) in [5.41, 5.74) is 2.87. The van der Waals surface area contributed by atoms with Crippen LogP contribution in [0.25, 0.3) is 11.4 Å². The van der Waals surface area contributed by atoms with Gasteiger partial charge in [-0.05, 0) is 42.5 Å². The summed E-state index contributed by atoms with van der Waals surface area (Å²) in [4.78, 5) is 24.1. The minimum absolute atomic E-state index is 0.196. The number of rotatable bonds is 7. The Kier molecular flexibility index (Phi) is 6.29. The van der Waals surface area contributed by atoms with Gasteiger partial charge in [-0.2, -0.15) is 18.2 Å². The molecular formula is C22H17F3N6O2. The molecule has 0 aliphatic carbocycles. The van der Waals surface area contributed by atoms with Crippen LogP contribution < -0.4 is 10.6 Å². The molecular weight excluding hydrogens is 437 g/mol. The van der Waals surface area contributed by atoms with Gasteiger partial charge in [0, 0.05) is 29.2 Å². The van der Waals surface area contributed by atoms with E-state index in [1.165, 1.54) is 6.20 Å². The molecule has 0 spiro atoms. The number of halogens is 3. The van der Waals surface area contributed by atoms with E-state index in [9.17, 15) is 18.0 Å². The average molecular weight is 454 g/mol. The quantitative estimate of drug-likeness (QED) is 0.433. The van der Waals surface area contributed by atoms with Crippen LogP contribution in [0.15, 0.2) is 71.5 Å². The SMILES string of the molecule is O=C(NCc1ccccn1)c1cccc(NCc2ccc(-c3noc(C(F)(F)F)n3)cn2)c1. The lowest BCUT2D eigenvalue weighted by Gasteiger charge is -2.09. The van der Waals surface area contributed by atoms with Gasteiger partial charge in [0.25, 0.3) is 5.91 Å². The monoisotopic (exact) mass is 454 g/mol. The number of alkyl halides is 3. The van der Waals surface area contributed by atoms with Gasteiger partial charge >= 0.3 is 12.1 Å². The molecule has 33 heavy (non-hydrogen) atoms. The predicted octanol–water partition coefficient (Wildman–Crippen LogP) is 4.09. The standard InChI is InChI=1S/C22H17F3N6O2/c23-22(24,25)21-30-19(31-33-21)15-7-8-18(27-11-15)12-28-16-6-3-4-14(10-16)20(32)29-13-17-5-1-2-9-26-17/h1-11,28H,12-13H2,(H,29,32). The summed E-state index contributed by atoms with van der Waals surface area (Å²) < 4.78 is 42.0. The molecule has 0 atom stereocenters. The van der Waals surface area contributed by atoms with Gasteiger partial charge in [0.05, 0.1) is 24.5 Å². The minimum Gasteiger partial charge on any atom is -0.379 e. The Morgan fingerprint density at radius 3 is 2.52 bits per heavy atom. The summed E-state index contributed by atoms with van der Waals surface area (Å²) >= 11 is 0. The third kappa shape index (κ3) is 5.70. The Bertz CT molecular complexity index is 1230. The molecule has 168 valence electrons. The topological polar surface area (TPSA) is 106 Å². The van der Waals surface area contributed by atoms with Crippen LogP contribution in [-0.4, -0.2) is 26.0 Å². The van der Waals surface area contributed by atoms with E-state index in [-0.39, 0.29) is 11.7 Å². The van der Waals surface area contributed by atoms with Crippen LogP contribution >= 0.6 is 0 Å². The van der Waals surface area contributed by atoms with E-state index >= 15 is 0 Å². The molecule has 0 saturated carbocycles. The fourth-order valence-corrected chi connectivity index (χ4v) is 2.86. The van der Waals surface area contributed by atoms with Gasteiger partial charge in [-0.3, -0.25) is 14.8 Å². The van der Waals surface area contributed by atoms with Crippen molar-refractivity contribution < 1.29 is 22.5 Å². The number of amides is 1. The van der Waals surface area contributed by atoms with Gasteiger partial charge in [-0.1, -0.05) is 17.3 Å². The van der Waals surface area contributed by atoms with Gasteiger partial charge in [0.15, 0.2) is 0 Å². The maximum Gasteiger partial charge on any atom is 0.471 e. The Morgan fingerprint density at radius 2 is 1.82 bits per heavy atom. The third-order valence-electron chi connectivity index (χ3n) is 4.51. The number of benzene rings is 1. The van der Waals surface area contributed by atoms with Crippen LogP contribution in [-0.2, 0) is 19.3 Å². The first-order valence-corrected chi connectivity index (χ1v) is 9.77. The van der Waals surface area contributed by atoms with Crippen LogP contribution in [0.5, 0.6) is 0 Å². The summed E-state index contributed by atoms with van der Waals surface area (Å²) in [6.07, 6.45) is -1.68. The van der Waals surface area contributed by atoms with Crippen molar-refractivity contribution in [3.05, 3.63) is 89.8 Å². The van der Waals surface area contributed by atoms with Gasteiger partial charge in [0.2, 0.25) is 5.82 Å². The number of pyridine rings is 2. The lowest BCUT2D eigenvalue weighted by atomic mass is 10.2. The highest BCUT2D eigenvalue weighted by atomic mass is 19.4. The molecule has 4 rings (SSSR count). The van der Waals surface area contributed by atoms with E-state index in [1.807, 2.05) is 18.2 Å². The smallest absolute Gasteiger partial charge is 0.379 e. The number of hydrogen-bond donors (Lipinski definition) is 2. The van der Waals surface area contributed by atoms with Crippen molar-refractivity contribution in [3.63, 3.8) is 0 Å². The Morgan fingerprint density at radius 1 is 0.970 bits per heavy atom. The number of carbonyl (C=O) groups is 1. The van der Waals surface area contributed by atoms with Crippen LogP contribution in [0, 0.1) is 0 Å². The van der Waals surface area contributed by atoms with Crippen LogP contribution in [0.3, 0.4) is 0 Å².